The third-order valence-electron chi connectivity index (χ3n) is 5.52. The van der Waals surface area contributed by atoms with Crippen LogP contribution in [-0.2, 0) is 17.9 Å². The van der Waals surface area contributed by atoms with Crippen molar-refractivity contribution in [2.75, 3.05) is 13.1 Å². The first kappa shape index (κ1) is 17.2. The Hall–Kier alpha value is -2.20. The van der Waals surface area contributed by atoms with E-state index in [2.05, 4.69) is 34.5 Å². The topological polar surface area (TPSA) is 32.3 Å². The van der Waals surface area contributed by atoms with Gasteiger partial charge in [-0.3, -0.25) is 9.69 Å². The van der Waals surface area contributed by atoms with Crippen molar-refractivity contribution >= 4 is 5.91 Å². The smallest absolute Gasteiger partial charge is 0.224 e. The van der Waals surface area contributed by atoms with Crippen molar-refractivity contribution in [1.82, 2.24) is 10.2 Å². The van der Waals surface area contributed by atoms with E-state index in [1.165, 1.54) is 43.6 Å². The molecule has 2 aromatic rings. The van der Waals surface area contributed by atoms with Crippen LogP contribution in [0.15, 0.2) is 48.5 Å². The lowest BCUT2D eigenvalue weighted by Gasteiger charge is -2.14. The van der Waals surface area contributed by atoms with E-state index in [1.807, 2.05) is 0 Å². The molecule has 2 unspecified atom stereocenters. The minimum atomic E-state index is -0.233. The number of carbonyl (C=O) groups excluding carboxylic acids is 1. The molecular formula is C22H25FN2O. The monoisotopic (exact) mass is 352 g/mol. The standard InChI is InChI=1S/C22H25FN2O/c23-19-9-7-18(8-10-19)20-13-21(20)22(26)24-14-16-3-5-17(6-4-16)15-25-11-1-2-12-25/h3-10,20-21H,1-2,11-15H2,(H,24,26). The van der Waals surface area contributed by atoms with Crippen molar-refractivity contribution in [1.29, 1.82) is 0 Å². The molecule has 0 radical (unpaired) electrons. The maximum atomic E-state index is 13.0. The lowest BCUT2D eigenvalue weighted by Crippen LogP contribution is -2.25. The van der Waals surface area contributed by atoms with Gasteiger partial charge in [0.15, 0.2) is 0 Å². The zero-order valence-electron chi connectivity index (χ0n) is 15.0. The van der Waals surface area contributed by atoms with Gasteiger partial charge in [-0.25, -0.2) is 4.39 Å². The van der Waals surface area contributed by atoms with Gasteiger partial charge in [0.05, 0.1) is 0 Å². The lowest BCUT2D eigenvalue weighted by atomic mass is 10.1. The minimum Gasteiger partial charge on any atom is -0.352 e. The molecule has 0 spiro atoms. The van der Waals surface area contributed by atoms with Gasteiger partial charge in [0.25, 0.3) is 0 Å². The predicted octanol–water partition coefficient (Wildman–Crippen LogP) is 3.84. The van der Waals surface area contributed by atoms with Crippen LogP contribution < -0.4 is 5.32 Å². The lowest BCUT2D eigenvalue weighted by molar-refractivity contribution is -0.122. The highest BCUT2D eigenvalue weighted by Crippen LogP contribution is 2.47. The van der Waals surface area contributed by atoms with Crippen molar-refractivity contribution in [3.05, 3.63) is 71.0 Å². The van der Waals surface area contributed by atoms with E-state index in [0.717, 1.165) is 24.1 Å². The normalized spacial score (nSPS) is 22.3. The second kappa shape index (κ2) is 7.58. The molecule has 2 aromatic carbocycles. The van der Waals surface area contributed by atoms with Crippen LogP contribution >= 0.6 is 0 Å². The fourth-order valence-electron chi connectivity index (χ4n) is 3.84. The molecule has 0 bridgehead atoms. The molecule has 4 heteroatoms. The quantitative estimate of drug-likeness (QED) is 0.857. The average molecular weight is 352 g/mol. The van der Waals surface area contributed by atoms with Crippen molar-refractivity contribution in [2.45, 2.75) is 38.3 Å². The Bertz CT molecular complexity index is 751. The van der Waals surface area contributed by atoms with E-state index >= 15 is 0 Å². The number of nitrogens with zero attached hydrogens (tertiary/aromatic N) is 1. The van der Waals surface area contributed by atoms with Crippen LogP contribution in [-0.4, -0.2) is 23.9 Å². The summed E-state index contributed by atoms with van der Waals surface area (Å²) in [5, 5.41) is 3.04. The molecule has 26 heavy (non-hydrogen) atoms. The molecule has 3 nitrogen and oxygen atoms in total. The summed E-state index contributed by atoms with van der Waals surface area (Å²) in [4.78, 5) is 14.8. The molecule has 2 atom stereocenters. The molecule has 4 rings (SSSR count). The van der Waals surface area contributed by atoms with Gasteiger partial charge in [-0.05, 0) is 67.1 Å². The Morgan fingerprint density at radius 2 is 1.65 bits per heavy atom. The highest BCUT2D eigenvalue weighted by atomic mass is 19.1. The van der Waals surface area contributed by atoms with Crippen molar-refractivity contribution < 1.29 is 9.18 Å². The third-order valence-corrected chi connectivity index (χ3v) is 5.52. The molecule has 1 saturated heterocycles. The predicted molar refractivity (Wildman–Crippen MR) is 100 cm³/mol. The van der Waals surface area contributed by atoms with Crippen LogP contribution in [0.3, 0.4) is 0 Å². The summed E-state index contributed by atoms with van der Waals surface area (Å²) in [7, 11) is 0. The number of hydrogen-bond donors (Lipinski definition) is 1. The zero-order chi connectivity index (χ0) is 17.9. The molecule has 136 valence electrons. The zero-order valence-corrected chi connectivity index (χ0v) is 15.0. The van der Waals surface area contributed by atoms with Crippen LogP contribution in [0, 0.1) is 11.7 Å². The van der Waals surface area contributed by atoms with Gasteiger partial charge >= 0.3 is 0 Å². The summed E-state index contributed by atoms with van der Waals surface area (Å²) >= 11 is 0. The number of likely N-dealkylation sites (tertiary alicyclic amines) is 1. The van der Waals surface area contributed by atoms with Gasteiger partial charge in [-0.15, -0.1) is 0 Å². The number of rotatable bonds is 6. The van der Waals surface area contributed by atoms with Gasteiger partial charge in [-0.1, -0.05) is 36.4 Å². The molecule has 1 saturated carbocycles. The first-order valence-electron chi connectivity index (χ1n) is 9.52. The number of benzene rings is 2. The first-order valence-corrected chi connectivity index (χ1v) is 9.52. The molecule has 0 aromatic heterocycles. The Balaban J connectivity index is 1.25. The molecule has 1 heterocycles. The number of carbonyl (C=O) groups is 1. The molecular weight excluding hydrogens is 327 g/mol. The molecule has 1 aliphatic heterocycles. The molecule has 1 amide bonds. The highest BCUT2D eigenvalue weighted by molar-refractivity contribution is 5.82. The fraction of sp³-hybridized carbons (Fsp3) is 0.409. The summed E-state index contributed by atoms with van der Waals surface area (Å²) in [6.45, 7) is 3.99. The highest BCUT2D eigenvalue weighted by Gasteiger charge is 2.43. The van der Waals surface area contributed by atoms with E-state index in [4.69, 9.17) is 0 Å². The van der Waals surface area contributed by atoms with Crippen LogP contribution in [0.2, 0.25) is 0 Å². The Morgan fingerprint density at radius 3 is 2.35 bits per heavy atom. The Labute approximate surface area is 154 Å². The summed E-state index contributed by atoms with van der Waals surface area (Å²) in [5.74, 6) is 0.123. The number of amides is 1. The second-order valence-corrected chi connectivity index (χ2v) is 7.52. The summed E-state index contributed by atoms with van der Waals surface area (Å²) in [6.07, 6.45) is 3.47. The van der Waals surface area contributed by atoms with Gasteiger partial charge < -0.3 is 5.32 Å². The van der Waals surface area contributed by atoms with E-state index in [-0.39, 0.29) is 23.6 Å². The number of halogens is 1. The number of hydrogen-bond acceptors (Lipinski definition) is 2. The first-order chi connectivity index (χ1) is 12.7. The fourth-order valence-corrected chi connectivity index (χ4v) is 3.84. The largest absolute Gasteiger partial charge is 0.352 e. The summed E-state index contributed by atoms with van der Waals surface area (Å²) in [6, 6.07) is 15.0. The minimum absolute atomic E-state index is 0.0231. The SMILES string of the molecule is O=C(NCc1ccc(CN2CCCC2)cc1)C1CC1c1ccc(F)cc1. The molecule has 1 aliphatic carbocycles. The van der Waals surface area contributed by atoms with Crippen molar-refractivity contribution in [3.8, 4) is 0 Å². The Kier molecular flexibility index (Phi) is 5.02. The summed E-state index contributed by atoms with van der Waals surface area (Å²) in [5.41, 5.74) is 3.51. The van der Waals surface area contributed by atoms with Crippen LogP contribution in [0.5, 0.6) is 0 Å². The van der Waals surface area contributed by atoms with Gasteiger partial charge in [0, 0.05) is 19.0 Å². The van der Waals surface area contributed by atoms with E-state index in [9.17, 15) is 9.18 Å². The van der Waals surface area contributed by atoms with Gasteiger partial charge in [0.1, 0.15) is 5.82 Å². The number of nitrogens with one attached hydrogen (secondary N) is 1. The van der Waals surface area contributed by atoms with Gasteiger partial charge in [0.2, 0.25) is 5.91 Å². The Morgan fingerprint density at radius 1 is 1.00 bits per heavy atom. The van der Waals surface area contributed by atoms with Crippen LogP contribution in [0.1, 0.15) is 41.9 Å². The third kappa shape index (κ3) is 4.13. The van der Waals surface area contributed by atoms with E-state index < -0.39 is 0 Å². The maximum absolute atomic E-state index is 13.0. The van der Waals surface area contributed by atoms with Gasteiger partial charge in [-0.2, -0.15) is 0 Å². The second-order valence-electron chi connectivity index (χ2n) is 7.52. The molecule has 2 aliphatic rings. The van der Waals surface area contributed by atoms with E-state index in [0.29, 0.717) is 6.54 Å². The molecule has 2 fully saturated rings. The van der Waals surface area contributed by atoms with Crippen molar-refractivity contribution in [2.24, 2.45) is 5.92 Å². The average Bonchev–Trinajstić information content (AvgIpc) is 3.30. The van der Waals surface area contributed by atoms with E-state index in [1.54, 1.807) is 12.1 Å². The maximum Gasteiger partial charge on any atom is 0.224 e. The van der Waals surface area contributed by atoms with Crippen LogP contribution in [0.25, 0.3) is 0 Å². The molecule has 1 N–H and O–H groups in total. The summed E-state index contributed by atoms with van der Waals surface area (Å²) < 4.78 is 13.0. The van der Waals surface area contributed by atoms with Crippen LogP contribution in [0.4, 0.5) is 4.39 Å². The van der Waals surface area contributed by atoms with Crippen molar-refractivity contribution in [3.63, 3.8) is 0 Å².